The van der Waals surface area contributed by atoms with Gasteiger partial charge in [0.25, 0.3) is 5.91 Å². The van der Waals surface area contributed by atoms with Crippen LogP contribution >= 0.6 is 0 Å². The van der Waals surface area contributed by atoms with E-state index >= 15 is 0 Å². The normalized spacial score (nSPS) is 12.1. The zero-order chi connectivity index (χ0) is 27.4. The van der Waals surface area contributed by atoms with Crippen molar-refractivity contribution in [1.29, 1.82) is 0 Å². The molecule has 5 rings (SSSR count). The van der Waals surface area contributed by atoms with Crippen molar-refractivity contribution in [3.8, 4) is 22.3 Å². The van der Waals surface area contributed by atoms with Crippen molar-refractivity contribution >= 4 is 16.9 Å². The molecule has 0 aliphatic rings. The van der Waals surface area contributed by atoms with E-state index in [0.29, 0.717) is 31.9 Å². The smallest absolute Gasteiger partial charge is 0.251 e. The van der Waals surface area contributed by atoms with E-state index in [1.54, 1.807) is 6.20 Å². The van der Waals surface area contributed by atoms with E-state index in [0.717, 1.165) is 50.4 Å². The molecule has 0 saturated heterocycles. The number of ether oxygens (including phenoxy) is 1. The van der Waals surface area contributed by atoms with Crippen molar-refractivity contribution in [1.82, 2.24) is 25.0 Å². The highest BCUT2D eigenvalue weighted by atomic mass is 16.5. The molecule has 0 aliphatic heterocycles. The number of pyridine rings is 2. The molecule has 0 spiro atoms. The zero-order valence-corrected chi connectivity index (χ0v) is 22.3. The fraction of sp³-hybridized carbons (Fsp3) is 0.267. The van der Waals surface area contributed by atoms with Crippen molar-refractivity contribution in [2.45, 2.75) is 26.8 Å². The molecule has 4 heterocycles. The standard InChI is InChI=1S/C30H32N6O3/c1-19-28(21(3)39-35-19)24-16-27-29(34-17-24)25(18-36(27)20(2)26-6-4-5-12-32-26)22-7-9-23(10-8-22)30(37)33-13-15-38-14-11-31/h4-10,12,16-18,20H,11,13-15,31H2,1-3H3,(H,33,37)/t20-/m0/s1. The molecule has 4 aromatic heterocycles. The van der Waals surface area contributed by atoms with Gasteiger partial charge in [-0.2, -0.15) is 0 Å². The van der Waals surface area contributed by atoms with Crippen molar-refractivity contribution in [3.63, 3.8) is 0 Å². The third kappa shape index (κ3) is 5.45. The van der Waals surface area contributed by atoms with Gasteiger partial charge in [0.2, 0.25) is 0 Å². The molecule has 1 aromatic carbocycles. The molecule has 9 nitrogen and oxygen atoms in total. The van der Waals surface area contributed by atoms with Gasteiger partial charge in [0.1, 0.15) is 5.76 Å². The lowest BCUT2D eigenvalue weighted by Gasteiger charge is -2.15. The first-order valence-electron chi connectivity index (χ1n) is 13.0. The summed E-state index contributed by atoms with van der Waals surface area (Å²) in [6.07, 6.45) is 5.78. The summed E-state index contributed by atoms with van der Waals surface area (Å²) in [6, 6.07) is 15.6. The summed E-state index contributed by atoms with van der Waals surface area (Å²) in [5, 5.41) is 6.99. The van der Waals surface area contributed by atoms with Crippen LogP contribution in [0.5, 0.6) is 0 Å². The van der Waals surface area contributed by atoms with Crippen LogP contribution in [0.25, 0.3) is 33.3 Å². The molecule has 0 radical (unpaired) electrons. The topological polar surface area (TPSA) is 121 Å². The summed E-state index contributed by atoms with van der Waals surface area (Å²) < 4.78 is 12.9. The number of hydrogen-bond acceptors (Lipinski definition) is 7. The number of fused-ring (bicyclic) bond motifs is 1. The summed E-state index contributed by atoms with van der Waals surface area (Å²) in [5.74, 6) is 0.607. The number of nitrogens with zero attached hydrogens (tertiary/aromatic N) is 4. The number of hydrogen-bond donors (Lipinski definition) is 2. The number of rotatable bonds is 10. The Morgan fingerprint density at radius 3 is 2.62 bits per heavy atom. The maximum Gasteiger partial charge on any atom is 0.251 e. The number of aryl methyl sites for hydroxylation is 2. The van der Waals surface area contributed by atoms with Crippen molar-refractivity contribution in [3.05, 3.63) is 89.8 Å². The van der Waals surface area contributed by atoms with E-state index in [-0.39, 0.29) is 11.9 Å². The Hall–Kier alpha value is -4.34. The average molecular weight is 525 g/mol. The summed E-state index contributed by atoms with van der Waals surface area (Å²) >= 11 is 0. The molecule has 39 heavy (non-hydrogen) atoms. The Morgan fingerprint density at radius 1 is 1.10 bits per heavy atom. The van der Waals surface area contributed by atoms with Gasteiger partial charge in [0.05, 0.1) is 41.7 Å². The van der Waals surface area contributed by atoms with Crippen LogP contribution in [0.3, 0.4) is 0 Å². The number of benzene rings is 1. The second-order valence-electron chi connectivity index (χ2n) is 9.41. The van der Waals surface area contributed by atoms with Crippen LogP contribution in [0, 0.1) is 13.8 Å². The largest absolute Gasteiger partial charge is 0.378 e. The summed E-state index contributed by atoms with van der Waals surface area (Å²) in [7, 11) is 0. The molecule has 0 aliphatic carbocycles. The van der Waals surface area contributed by atoms with Crippen molar-refractivity contribution in [2.24, 2.45) is 5.73 Å². The maximum absolute atomic E-state index is 12.6. The van der Waals surface area contributed by atoms with Crippen molar-refractivity contribution in [2.75, 3.05) is 26.3 Å². The van der Waals surface area contributed by atoms with Gasteiger partial charge in [-0.25, -0.2) is 0 Å². The fourth-order valence-electron chi connectivity index (χ4n) is 4.78. The lowest BCUT2D eigenvalue weighted by Crippen LogP contribution is -2.27. The van der Waals surface area contributed by atoms with Gasteiger partial charge in [-0.05, 0) is 56.7 Å². The quantitative estimate of drug-likeness (QED) is 0.254. The molecule has 0 unspecified atom stereocenters. The molecule has 1 atom stereocenters. The molecule has 0 saturated carbocycles. The first-order chi connectivity index (χ1) is 19.0. The minimum Gasteiger partial charge on any atom is -0.378 e. The Balaban J connectivity index is 1.51. The number of carbonyl (C=O) groups is 1. The van der Waals surface area contributed by atoms with Crippen LogP contribution in [0.15, 0.2) is 71.6 Å². The number of carbonyl (C=O) groups excluding carboxylic acids is 1. The first-order valence-corrected chi connectivity index (χ1v) is 13.0. The highest BCUT2D eigenvalue weighted by molar-refractivity contribution is 5.97. The van der Waals surface area contributed by atoms with Crippen LogP contribution in [0.2, 0.25) is 0 Å². The van der Waals surface area contributed by atoms with E-state index < -0.39 is 0 Å². The predicted molar refractivity (Wildman–Crippen MR) is 150 cm³/mol. The molecular weight excluding hydrogens is 492 g/mol. The molecule has 0 bridgehead atoms. The Bertz CT molecular complexity index is 1550. The minimum absolute atomic E-state index is 0.0318. The third-order valence-corrected chi connectivity index (χ3v) is 6.78. The van der Waals surface area contributed by atoms with Gasteiger partial charge in [-0.15, -0.1) is 0 Å². The summed E-state index contributed by atoms with van der Waals surface area (Å²) in [4.78, 5) is 22.1. The monoisotopic (exact) mass is 524 g/mol. The van der Waals surface area contributed by atoms with Gasteiger partial charge in [-0.1, -0.05) is 23.4 Å². The summed E-state index contributed by atoms with van der Waals surface area (Å²) in [5.41, 5.74) is 13.4. The molecule has 1 amide bonds. The molecule has 5 aromatic rings. The van der Waals surface area contributed by atoms with Gasteiger partial charge in [-0.3, -0.25) is 14.8 Å². The van der Waals surface area contributed by atoms with Crippen LogP contribution < -0.4 is 11.1 Å². The van der Waals surface area contributed by atoms with E-state index in [1.165, 1.54) is 0 Å². The summed E-state index contributed by atoms with van der Waals surface area (Å²) in [6.45, 7) is 7.76. The third-order valence-electron chi connectivity index (χ3n) is 6.78. The van der Waals surface area contributed by atoms with Gasteiger partial charge in [0, 0.05) is 53.9 Å². The van der Waals surface area contributed by atoms with Gasteiger partial charge < -0.3 is 24.9 Å². The van der Waals surface area contributed by atoms with Crippen LogP contribution in [-0.4, -0.2) is 51.9 Å². The second kappa shape index (κ2) is 11.6. The molecule has 200 valence electrons. The van der Waals surface area contributed by atoms with E-state index in [2.05, 4.69) is 39.2 Å². The second-order valence-corrected chi connectivity index (χ2v) is 9.41. The van der Waals surface area contributed by atoms with Crippen molar-refractivity contribution < 1.29 is 14.1 Å². The van der Waals surface area contributed by atoms with E-state index in [4.69, 9.17) is 20.0 Å². The van der Waals surface area contributed by atoms with Gasteiger partial charge >= 0.3 is 0 Å². The lowest BCUT2D eigenvalue weighted by molar-refractivity contribution is 0.0920. The number of nitrogens with two attached hydrogens (primary N) is 1. The number of aromatic nitrogens is 4. The SMILES string of the molecule is Cc1noc(C)c1-c1cnc2c(-c3ccc(C(=O)NCCOCCN)cc3)cn([C@@H](C)c3ccccn3)c2c1. The average Bonchev–Trinajstić information content (AvgIpc) is 3.51. The number of amides is 1. The Morgan fingerprint density at radius 2 is 1.92 bits per heavy atom. The zero-order valence-electron chi connectivity index (χ0n) is 22.3. The highest BCUT2D eigenvalue weighted by Gasteiger charge is 2.20. The molecule has 9 heteroatoms. The molecular formula is C30H32N6O3. The molecule has 3 N–H and O–H groups in total. The van der Waals surface area contributed by atoms with Crippen LogP contribution in [0.4, 0.5) is 0 Å². The molecule has 0 fully saturated rings. The van der Waals surface area contributed by atoms with Crippen LogP contribution in [0.1, 0.15) is 40.5 Å². The first kappa shape index (κ1) is 26.3. The Labute approximate surface area is 227 Å². The fourth-order valence-corrected chi connectivity index (χ4v) is 4.78. The highest BCUT2D eigenvalue weighted by Crippen LogP contribution is 2.36. The minimum atomic E-state index is -0.147. The predicted octanol–water partition coefficient (Wildman–Crippen LogP) is 4.68. The maximum atomic E-state index is 12.6. The van der Waals surface area contributed by atoms with E-state index in [9.17, 15) is 4.79 Å². The van der Waals surface area contributed by atoms with Crippen LogP contribution in [-0.2, 0) is 4.74 Å². The lowest BCUT2D eigenvalue weighted by atomic mass is 10.0. The van der Waals surface area contributed by atoms with Gasteiger partial charge in [0.15, 0.2) is 0 Å². The Kier molecular flexibility index (Phi) is 7.81. The van der Waals surface area contributed by atoms with E-state index in [1.807, 2.05) is 62.5 Å². The number of nitrogens with one attached hydrogen (secondary N) is 1.